The van der Waals surface area contributed by atoms with Gasteiger partial charge in [-0.05, 0) is 43.2 Å². The highest BCUT2D eigenvalue weighted by Gasteiger charge is 2.08. The first kappa shape index (κ1) is 14.4. The van der Waals surface area contributed by atoms with Gasteiger partial charge in [0, 0.05) is 29.0 Å². The summed E-state index contributed by atoms with van der Waals surface area (Å²) in [7, 11) is 1.70. The van der Waals surface area contributed by atoms with Crippen molar-refractivity contribution < 1.29 is 4.74 Å². The van der Waals surface area contributed by atoms with Gasteiger partial charge in [0.15, 0.2) is 0 Å². The van der Waals surface area contributed by atoms with E-state index in [-0.39, 0.29) is 0 Å². The lowest BCUT2D eigenvalue weighted by Gasteiger charge is -2.13. The van der Waals surface area contributed by atoms with Crippen molar-refractivity contribution in [2.45, 2.75) is 20.3 Å². The second kappa shape index (κ2) is 6.06. The number of ether oxygens (including phenoxy) is 1. The van der Waals surface area contributed by atoms with Crippen LogP contribution in [0.3, 0.4) is 0 Å². The van der Waals surface area contributed by atoms with Gasteiger partial charge in [-0.2, -0.15) is 0 Å². The molecule has 0 atom stereocenters. The van der Waals surface area contributed by atoms with Crippen LogP contribution in [0, 0.1) is 6.92 Å². The Morgan fingerprint density at radius 3 is 2.55 bits per heavy atom. The molecule has 3 rings (SSSR count). The number of nitrogens with zero attached hydrogens (tertiary/aromatic N) is 1. The van der Waals surface area contributed by atoms with Crippen molar-refractivity contribution in [1.82, 2.24) is 4.98 Å². The molecule has 0 fully saturated rings. The molecule has 1 N–H and O–H groups in total. The minimum absolute atomic E-state index is 0.898. The molecule has 1 aromatic heterocycles. The van der Waals surface area contributed by atoms with Crippen molar-refractivity contribution in [3.63, 3.8) is 0 Å². The zero-order valence-electron chi connectivity index (χ0n) is 13.2. The molecule has 0 bridgehead atoms. The van der Waals surface area contributed by atoms with Crippen LogP contribution >= 0.6 is 0 Å². The second-order valence-corrected chi connectivity index (χ2v) is 5.38. The van der Waals surface area contributed by atoms with Crippen LogP contribution in [0.4, 0.5) is 11.4 Å². The maximum absolute atomic E-state index is 5.46. The molecule has 0 radical (unpaired) electrons. The summed E-state index contributed by atoms with van der Waals surface area (Å²) in [5.41, 5.74) is 5.52. The average Bonchev–Trinajstić information content (AvgIpc) is 2.56. The van der Waals surface area contributed by atoms with Gasteiger partial charge in [-0.25, -0.2) is 0 Å². The van der Waals surface area contributed by atoms with Crippen molar-refractivity contribution in [3.05, 3.63) is 59.8 Å². The molecule has 0 saturated heterocycles. The summed E-state index contributed by atoms with van der Waals surface area (Å²) in [6.07, 6.45) is 2.75. The van der Waals surface area contributed by atoms with Crippen LogP contribution in [0.25, 0.3) is 10.9 Å². The number of hydrogen-bond acceptors (Lipinski definition) is 3. The number of pyridine rings is 1. The van der Waals surface area contributed by atoms with E-state index in [2.05, 4.69) is 54.5 Å². The number of nitrogens with one attached hydrogen (secondary N) is 1. The fourth-order valence-corrected chi connectivity index (χ4v) is 2.59. The molecule has 0 unspecified atom stereocenters. The maximum atomic E-state index is 5.46. The number of benzene rings is 2. The van der Waals surface area contributed by atoms with Crippen LogP contribution in [0.2, 0.25) is 0 Å². The molecule has 1 heterocycles. The van der Waals surface area contributed by atoms with E-state index in [0.717, 1.165) is 34.4 Å². The third kappa shape index (κ3) is 2.75. The molecule has 3 heteroatoms. The van der Waals surface area contributed by atoms with E-state index >= 15 is 0 Å². The van der Waals surface area contributed by atoms with Crippen molar-refractivity contribution in [2.75, 3.05) is 12.4 Å². The molecule has 0 spiro atoms. The maximum Gasteiger partial charge on any atom is 0.124 e. The lowest BCUT2D eigenvalue weighted by molar-refractivity contribution is 0.411. The summed E-state index contributed by atoms with van der Waals surface area (Å²) in [6.45, 7) is 4.22. The quantitative estimate of drug-likeness (QED) is 0.745. The molecule has 0 aliphatic carbocycles. The van der Waals surface area contributed by atoms with E-state index in [1.165, 1.54) is 11.1 Å². The van der Waals surface area contributed by atoms with E-state index < -0.39 is 0 Å². The van der Waals surface area contributed by atoms with Gasteiger partial charge in [-0.15, -0.1) is 0 Å². The Balaban J connectivity index is 2.07. The molecule has 0 amide bonds. The van der Waals surface area contributed by atoms with Crippen molar-refractivity contribution in [2.24, 2.45) is 0 Å². The molecule has 2 aromatic carbocycles. The summed E-state index contributed by atoms with van der Waals surface area (Å²) < 4.78 is 5.46. The van der Waals surface area contributed by atoms with Crippen molar-refractivity contribution >= 4 is 22.3 Å². The molecule has 112 valence electrons. The summed E-state index contributed by atoms with van der Waals surface area (Å²) in [5.74, 6) is 0.898. The number of methoxy groups -OCH3 is 1. The number of aryl methyl sites for hydroxylation is 2. The average molecular weight is 292 g/mol. The van der Waals surface area contributed by atoms with Gasteiger partial charge in [-0.3, -0.25) is 4.98 Å². The molecular weight excluding hydrogens is 272 g/mol. The third-order valence-corrected chi connectivity index (χ3v) is 3.86. The summed E-state index contributed by atoms with van der Waals surface area (Å²) in [4.78, 5) is 4.46. The Morgan fingerprint density at radius 1 is 1.09 bits per heavy atom. The molecule has 0 aliphatic heterocycles. The minimum atomic E-state index is 0.898. The normalized spacial score (nSPS) is 10.7. The predicted molar refractivity (Wildman–Crippen MR) is 92.1 cm³/mol. The van der Waals surface area contributed by atoms with E-state index in [0.29, 0.717) is 0 Å². The number of fused-ring (bicyclic) bond motifs is 1. The van der Waals surface area contributed by atoms with E-state index in [9.17, 15) is 0 Å². The van der Waals surface area contributed by atoms with Crippen LogP contribution in [0.15, 0.2) is 48.7 Å². The lowest BCUT2D eigenvalue weighted by atomic mass is 10.1. The number of aromatic nitrogens is 1. The van der Waals surface area contributed by atoms with E-state index in [1.807, 2.05) is 18.3 Å². The van der Waals surface area contributed by atoms with Crippen LogP contribution in [-0.2, 0) is 6.42 Å². The Labute approximate surface area is 131 Å². The summed E-state index contributed by atoms with van der Waals surface area (Å²) in [5, 5.41) is 4.59. The van der Waals surface area contributed by atoms with Crippen LogP contribution in [0.5, 0.6) is 5.75 Å². The van der Waals surface area contributed by atoms with Gasteiger partial charge in [0.25, 0.3) is 0 Å². The van der Waals surface area contributed by atoms with Gasteiger partial charge >= 0.3 is 0 Å². The van der Waals surface area contributed by atoms with Gasteiger partial charge in [0.05, 0.1) is 12.6 Å². The van der Waals surface area contributed by atoms with Crippen LogP contribution in [-0.4, -0.2) is 12.1 Å². The van der Waals surface area contributed by atoms with Crippen molar-refractivity contribution in [3.8, 4) is 5.75 Å². The van der Waals surface area contributed by atoms with Crippen molar-refractivity contribution in [1.29, 1.82) is 0 Å². The molecule has 3 nitrogen and oxygen atoms in total. The minimum Gasteiger partial charge on any atom is -0.496 e. The topological polar surface area (TPSA) is 34.2 Å². The fourth-order valence-electron chi connectivity index (χ4n) is 2.59. The SMILES string of the molecule is CCc1cc2c(Nc3ccc(C)cc3)ccnc2cc1OC. The molecule has 22 heavy (non-hydrogen) atoms. The highest BCUT2D eigenvalue weighted by molar-refractivity contribution is 5.94. The highest BCUT2D eigenvalue weighted by Crippen LogP contribution is 2.31. The highest BCUT2D eigenvalue weighted by atomic mass is 16.5. The van der Waals surface area contributed by atoms with Gasteiger partial charge in [-0.1, -0.05) is 24.6 Å². The first-order chi connectivity index (χ1) is 10.7. The number of rotatable bonds is 4. The smallest absolute Gasteiger partial charge is 0.124 e. The van der Waals surface area contributed by atoms with E-state index in [1.54, 1.807) is 7.11 Å². The predicted octanol–water partition coefficient (Wildman–Crippen LogP) is 4.86. The molecule has 0 saturated carbocycles. The first-order valence-corrected chi connectivity index (χ1v) is 7.50. The van der Waals surface area contributed by atoms with Crippen LogP contribution < -0.4 is 10.1 Å². The Kier molecular flexibility index (Phi) is 3.96. The third-order valence-electron chi connectivity index (χ3n) is 3.86. The van der Waals surface area contributed by atoms with Crippen LogP contribution in [0.1, 0.15) is 18.1 Å². The molecule has 3 aromatic rings. The lowest BCUT2D eigenvalue weighted by Crippen LogP contribution is -1.96. The Hall–Kier alpha value is -2.55. The van der Waals surface area contributed by atoms with Gasteiger partial charge in [0.2, 0.25) is 0 Å². The standard InChI is InChI=1S/C19H20N2O/c1-4-14-11-16-17(21-15-7-5-13(2)6-8-15)9-10-20-18(16)12-19(14)22-3/h5-12H,4H2,1-3H3,(H,20,21). The Morgan fingerprint density at radius 2 is 1.86 bits per heavy atom. The number of hydrogen-bond donors (Lipinski definition) is 1. The number of anilines is 2. The second-order valence-electron chi connectivity index (χ2n) is 5.38. The fraction of sp³-hybridized carbons (Fsp3) is 0.211. The largest absolute Gasteiger partial charge is 0.496 e. The van der Waals surface area contributed by atoms with Gasteiger partial charge in [0.1, 0.15) is 5.75 Å². The summed E-state index contributed by atoms with van der Waals surface area (Å²) in [6, 6.07) is 14.6. The zero-order valence-corrected chi connectivity index (χ0v) is 13.2. The Bertz CT molecular complexity index is 794. The zero-order chi connectivity index (χ0) is 15.5. The van der Waals surface area contributed by atoms with Gasteiger partial charge < -0.3 is 10.1 Å². The monoisotopic (exact) mass is 292 g/mol. The molecular formula is C19H20N2O. The van der Waals surface area contributed by atoms with E-state index in [4.69, 9.17) is 4.74 Å². The molecule has 0 aliphatic rings. The summed E-state index contributed by atoms with van der Waals surface area (Å²) >= 11 is 0. The first-order valence-electron chi connectivity index (χ1n) is 7.50.